The average molecular weight is 1380 g/mol. The summed E-state index contributed by atoms with van der Waals surface area (Å²) in [6.45, 7) is 78.5. The fourth-order valence-electron chi connectivity index (χ4n) is 8.55. The molecule has 0 aromatic heterocycles. The van der Waals surface area contributed by atoms with Gasteiger partial charge in [0.15, 0.2) is 0 Å². The monoisotopic (exact) mass is 1370 g/mol. The van der Waals surface area contributed by atoms with E-state index in [1.165, 1.54) is 134 Å². The molecule has 0 fully saturated rings. The molecule has 9 nitrogen and oxygen atoms in total. The number of aryl methyl sites for hydroxylation is 12. The van der Waals surface area contributed by atoms with Gasteiger partial charge in [-0.25, -0.2) is 0 Å². The van der Waals surface area contributed by atoms with Crippen LogP contribution in [-0.4, -0.2) is 114 Å². The van der Waals surface area contributed by atoms with E-state index < -0.39 is 0 Å². The van der Waals surface area contributed by atoms with Crippen LogP contribution in [0.4, 0.5) is 0 Å². The van der Waals surface area contributed by atoms with Crippen LogP contribution in [0.1, 0.15) is 224 Å². The molecule has 9 heteroatoms. The molecule has 0 heterocycles. The lowest BCUT2D eigenvalue weighted by Gasteiger charge is -2.09. The molecule has 100 heavy (non-hydrogen) atoms. The summed E-state index contributed by atoms with van der Waals surface area (Å²) in [4.78, 5) is 15.6. The smallest absolute Gasteiger partial charge is 0.0841 e. The molecule has 0 atom stereocenters. The molecule has 0 bridgehead atoms. The van der Waals surface area contributed by atoms with Gasteiger partial charge in [-0.05, 0) is 387 Å². The molecule has 0 N–H and O–H groups in total. The van der Waals surface area contributed by atoms with Gasteiger partial charge in [-0.2, -0.15) is 15.3 Å². The van der Waals surface area contributed by atoms with E-state index in [1.54, 1.807) is 32.5 Å². The Kier molecular flexibility index (Phi) is 56.5. The quantitative estimate of drug-likeness (QED) is 0.0766. The third-order valence-corrected chi connectivity index (χ3v) is 16.6. The molecule has 0 aliphatic rings. The van der Waals surface area contributed by atoms with Crippen LogP contribution >= 0.6 is 0 Å². The van der Waals surface area contributed by atoms with Crippen LogP contribution in [0.15, 0.2) is 115 Å². The zero-order valence-corrected chi connectivity index (χ0v) is 73.8. The van der Waals surface area contributed by atoms with Crippen LogP contribution in [0.3, 0.4) is 0 Å². The van der Waals surface area contributed by atoms with E-state index in [4.69, 9.17) is 0 Å². The van der Waals surface area contributed by atoms with Crippen LogP contribution in [0.25, 0.3) is 0 Å². The van der Waals surface area contributed by atoms with Crippen LogP contribution < -0.4 is 0 Å². The lowest BCUT2D eigenvalue weighted by Crippen LogP contribution is -2.08. The zero-order chi connectivity index (χ0) is 79.9. The van der Waals surface area contributed by atoms with Crippen molar-refractivity contribution in [3.8, 4) is 0 Å². The van der Waals surface area contributed by atoms with E-state index in [0.29, 0.717) is 0 Å². The summed E-state index contributed by atoms with van der Waals surface area (Å²) >= 11 is 0. The number of rotatable bonds is 3. The predicted molar refractivity (Wildman–Crippen MR) is 460 cm³/mol. The molecule has 6 aromatic carbocycles. The van der Waals surface area contributed by atoms with E-state index in [-0.39, 0.29) is 16.5 Å². The van der Waals surface area contributed by atoms with E-state index >= 15 is 0 Å². The Hall–Kier alpha value is -7.26. The fourth-order valence-corrected chi connectivity index (χ4v) is 8.55. The van der Waals surface area contributed by atoms with Crippen molar-refractivity contribution >= 4 is 24.5 Å². The number of nitrogens with zero attached hydrogens (tertiary/aromatic N) is 9. The van der Waals surface area contributed by atoms with Gasteiger partial charge in [-0.1, -0.05) is 99.6 Å². The van der Waals surface area contributed by atoms with E-state index in [9.17, 15) is 0 Å². The maximum absolute atomic E-state index is 4.13. The van der Waals surface area contributed by atoms with Crippen LogP contribution in [0.5, 0.6) is 0 Å². The van der Waals surface area contributed by atoms with Crippen molar-refractivity contribution in [3.63, 3.8) is 0 Å². The minimum atomic E-state index is 0.00868. The molecule has 0 spiro atoms. The van der Waals surface area contributed by atoms with Gasteiger partial charge in [0.05, 0.1) is 17.4 Å². The highest BCUT2D eigenvalue weighted by Gasteiger charge is 2.06. The number of benzene rings is 6. The van der Waals surface area contributed by atoms with Crippen LogP contribution in [-0.2, 0) is 0 Å². The maximum atomic E-state index is 4.13. The zero-order valence-electron chi connectivity index (χ0n) is 73.8. The van der Waals surface area contributed by atoms with Gasteiger partial charge < -0.3 is 19.8 Å². The Morgan fingerprint density at radius 2 is 0.530 bits per heavy atom. The molecule has 6 rings (SSSR count). The summed E-state index contributed by atoms with van der Waals surface area (Å²) in [6, 6.07) is 26.1. The highest BCUT2D eigenvalue weighted by atomic mass is 15.4. The Morgan fingerprint density at radius 1 is 0.320 bits per heavy atom. The lowest BCUT2D eigenvalue weighted by atomic mass is 9.99. The molecule has 0 amide bonds. The number of hydrogen-bond acceptors (Lipinski definition) is 8. The van der Waals surface area contributed by atoms with Crippen LogP contribution in [0.2, 0.25) is 0 Å². The van der Waals surface area contributed by atoms with Crippen molar-refractivity contribution in [2.45, 2.75) is 267 Å². The standard InChI is InChI=1S/6C10H14.2C6H13N.2C5H12N2.C5H11N.C4H10N2/c6*1-7-5-6-8(2)10(4)9(7)3;1-6(2,3)5-7-4;1-5-7-6(2,3)4;1-5(2)6-7(3)4;1-5(2,3)7-6-4;1-4-5-6(2)3;1-5-4-6(2)3/h6*5-6H,1-4H3;2*5H,1-4H3;2*1-4H3;4-5H,1-3H3;4H,1-3H3/b;;;;;;;;;;5-4+;. The average Bonchev–Trinajstić information content (AvgIpc) is 0.949. The molecule has 564 valence electrons. The molecular formula is C91H155N9. The van der Waals surface area contributed by atoms with E-state index in [1.807, 2.05) is 125 Å². The first-order valence-corrected chi connectivity index (χ1v) is 35.6. The molecule has 0 aliphatic carbocycles. The summed E-state index contributed by atoms with van der Waals surface area (Å²) in [6.07, 6.45) is 9.52. The van der Waals surface area contributed by atoms with Crippen molar-refractivity contribution in [1.29, 1.82) is 0 Å². The molecule has 0 aliphatic heterocycles. The summed E-state index contributed by atoms with van der Waals surface area (Å²) < 4.78 is 0. The van der Waals surface area contributed by atoms with Gasteiger partial charge in [0.1, 0.15) is 0 Å². The normalized spacial score (nSPS) is 10.5. The molecule has 6 aromatic rings. The molecule has 0 radical (unpaired) electrons. The Balaban J connectivity index is -0.000000242. The van der Waals surface area contributed by atoms with Gasteiger partial charge in [0, 0.05) is 75.4 Å². The van der Waals surface area contributed by atoms with Crippen LogP contribution in [0, 0.1) is 172 Å². The van der Waals surface area contributed by atoms with Crippen molar-refractivity contribution in [1.82, 2.24) is 14.8 Å². The Bertz CT molecular complexity index is 2740. The summed E-state index contributed by atoms with van der Waals surface area (Å²) in [5.41, 5.74) is 35.3. The number of allylic oxidation sites excluding steroid dienone is 1. The molecule has 0 saturated carbocycles. The van der Waals surface area contributed by atoms with Crippen molar-refractivity contribution in [2.24, 2.45) is 35.7 Å². The number of azo groups is 1. The lowest BCUT2D eigenvalue weighted by molar-refractivity contribution is 0.437. The predicted octanol–water partition coefficient (Wildman–Crippen LogP) is 25.2. The SMILES string of the molecule is C/C=C/N(C)C.CC(C)=NN(C)C.CC=NC(C)(C)C.CN=CC(C)(C)C.CN=CN(C)C.CN=NC(C)(C)C.Cc1ccc(C)c(C)c1C.Cc1ccc(C)c(C)c1C.Cc1ccc(C)c(C)c1C.Cc1ccc(C)c(C)c1C.Cc1ccc(C)c(C)c1C.Cc1ccc(C)c(C)c1C. The largest absolute Gasteiger partial charge is 0.384 e. The molecule has 0 unspecified atom stereocenters. The summed E-state index contributed by atoms with van der Waals surface area (Å²) in [5.74, 6) is 0. The fraction of sp³-hybridized carbons (Fsp3) is 0.538. The number of hydrogen-bond donors (Lipinski definition) is 0. The second kappa shape index (κ2) is 54.5. The van der Waals surface area contributed by atoms with Gasteiger partial charge in [0.25, 0.3) is 0 Å². The minimum Gasteiger partial charge on any atom is -0.384 e. The van der Waals surface area contributed by atoms with Gasteiger partial charge in [-0.3, -0.25) is 9.98 Å². The third kappa shape index (κ3) is 53.6. The summed E-state index contributed by atoms with van der Waals surface area (Å²) in [5, 5.41) is 13.3. The second-order valence-electron chi connectivity index (χ2n) is 30.2. The Morgan fingerprint density at radius 3 is 0.560 bits per heavy atom. The van der Waals surface area contributed by atoms with E-state index in [2.05, 4.69) is 311 Å². The van der Waals surface area contributed by atoms with Crippen molar-refractivity contribution < 1.29 is 0 Å². The highest BCUT2D eigenvalue weighted by Crippen LogP contribution is 2.20. The van der Waals surface area contributed by atoms with Gasteiger partial charge in [0.2, 0.25) is 0 Å². The van der Waals surface area contributed by atoms with Crippen molar-refractivity contribution in [3.05, 3.63) is 219 Å². The maximum Gasteiger partial charge on any atom is 0.0841 e. The van der Waals surface area contributed by atoms with Gasteiger partial charge in [-0.15, -0.1) is 0 Å². The Labute approximate surface area is 620 Å². The van der Waals surface area contributed by atoms with E-state index in [0.717, 1.165) is 5.71 Å². The van der Waals surface area contributed by atoms with Crippen molar-refractivity contribution in [2.75, 3.05) is 63.4 Å². The first-order valence-electron chi connectivity index (χ1n) is 35.6. The molecular weight excluding hydrogens is 1220 g/mol. The topological polar surface area (TPSA) is 83.9 Å². The molecule has 0 saturated heterocycles. The van der Waals surface area contributed by atoms with Gasteiger partial charge >= 0.3 is 0 Å². The number of hydrazone groups is 1. The number of aliphatic imine (C=N–C) groups is 3. The third-order valence-electron chi connectivity index (χ3n) is 16.6. The second-order valence-corrected chi connectivity index (χ2v) is 30.2. The summed E-state index contributed by atoms with van der Waals surface area (Å²) in [7, 11) is 16.9. The minimum absolute atomic E-state index is 0.00868. The first kappa shape index (κ1) is 104. The first-order chi connectivity index (χ1) is 45.6. The highest BCUT2D eigenvalue weighted by molar-refractivity contribution is 5.78.